The Kier molecular flexibility index (Phi) is 13.7. The first-order chi connectivity index (χ1) is 16.5. The average molecular weight is 676 g/mol. The molecule has 0 spiro atoms. The molecule has 3 rings (SSSR count). The monoisotopic (exact) mass is 675 g/mol. The van der Waals surface area contributed by atoms with Crippen LogP contribution in [0, 0.1) is 19.8 Å². The Balaban J connectivity index is 0.000000926. The first kappa shape index (κ1) is 31.8. The molecule has 0 bridgehead atoms. The molecule has 0 amide bonds. The van der Waals surface area contributed by atoms with Gasteiger partial charge in [0.05, 0.1) is 6.67 Å². The molecule has 0 N–H and O–H groups in total. The van der Waals surface area contributed by atoms with Gasteiger partial charge in [0.15, 0.2) is 0 Å². The average Bonchev–Trinajstić information content (AvgIpc) is 3.28. The van der Waals surface area contributed by atoms with Gasteiger partial charge in [-0.15, -0.1) is 0 Å². The molecule has 195 valence electrons. The molecule has 0 aromatic heterocycles. The number of anilines is 2. The van der Waals surface area contributed by atoms with Crippen LogP contribution in [0.5, 0.6) is 0 Å². The quantitative estimate of drug-likeness (QED) is 0.301. The van der Waals surface area contributed by atoms with Crippen LogP contribution < -0.4 is 9.80 Å². The molecule has 0 aliphatic carbocycles. The van der Waals surface area contributed by atoms with E-state index in [0.29, 0.717) is 23.7 Å². The molecule has 1 heterocycles. The van der Waals surface area contributed by atoms with Gasteiger partial charge in [-0.2, -0.15) is 0 Å². The summed E-state index contributed by atoms with van der Waals surface area (Å²) in [6.07, 6.45) is 4.54. The minimum absolute atomic E-state index is 0.500. The third-order valence-corrected chi connectivity index (χ3v) is 5.99. The molecule has 0 atom stereocenters. The first-order valence-electron chi connectivity index (χ1n) is 12.5. The van der Waals surface area contributed by atoms with Crippen molar-refractivity contribution in [2.24, 2.45) is 0 Å². The predicted molar refractivity (Wildman–Crippen MR) is 154 cm³/mol. The molecule has 3 radical (unpaired) electrons. The van der Waals surface area contributed by atoms with E-state index in [4.69, 9.17) is 0 Å². The molecular weight excluding hydrogens is 631 g/mol. The van der Waals surface area contributed by atoms with E-state index in [1.165, 1.54) is 33.6 Å². The zero-order valence-corrected chi connectivity index (χ0v) is 26.2. The van der Waals surface area contributed by atoms with Gasteiger partial charge in [0.2, 0.25) is 0 Å². The van der Waals surface area contributed by atoms with Crippen molar-refractivity contribution < 1.29 is 18.8 Å². The number of hydrogen-bond donors (Lipinski definition) is 0. The fraction of sp³-hybridized carbons (Fsp3) is 0.452. The second kappa shape index (κ2) is 15.1. The maximum absolute atomic E-state index is 4.61. The van der Waals surface area contributed by atoms with E-state index >= 15 is 0 Å². The first-order valence-corrected chi connectivity index (χ1v) is 15.3. The van der Waals surface area contributed by atoms with Crippen molar-refractivity contribution in [2.45, 2.75) is 86.0 Å². The fourth-order valence-electron chi connectivity index (χ4n) is 4.40. The molecule has 1 aliphatic rings. The maximum atomic E-state index is 4.61. The molecule has 2 aromatic rings. The Hall–Kier alpha value is -1.24. The van der Waals surface area contributed by atoms with Crippen LogP contribution >= 0.6 is 9.42 Å². The Morgan fingerprint density at radius 1 is 0.657 bits per heavy atom. The number of rotatable bonds is 6. The van der Waals surface area contributed by atoms with Crippen LogP contribution in [0.2, 0.25) is 0 Å². The van der Waals surface area contributed by atoms with Crippen LogP contribution in [0.15, 0.2) is 48.8 Å². The van der Waals surface area contributed by atoms with Crippen molar-refractivity contribution in [1.82, 2.24) is 0 Å². The number of nitrogens with zero attached hydrogens (tertiary/aromatic N) is 2. The van der Waals surface area contributed by atoms with Gasteiger partial charge < -0.3 is 9.80 Å². The van der Waals surface area contributed by atoms with Gasteiger partial charge in [0.1, 0.15) is 0 Å². The molecule has 2 nitrogen and oxygen atoms in total. The summed E-state index contributed by atoms with van der Waals surface area (Å²) in [5.74, 6) is 2.92. The van der Waals surface area contributed by atoms with Gasteiger partial charge >= 0.3 is 28.2 Å². The van der Waals surface area contributed by atoms with Gasteiger partial charge in [-0.25, -0.2) is 0 Å². The van der Waals surface area contributed by atoms with Crippen molar-refractivity contribution in [3.8, 4) is 0 Å². The summed E-state index contributed by atoms with van der Waals surface area (Å²) in [6, 6.07) is 13.6. The number of para-hydroxylation sites is 2. The normalized spacial score (nSPS) is 13.1. The predicted octanol–water partition coefficient (Wildman–Crippen LogP) is 9.87. The summed E-state index contributed by atoms with van der Waals surface area (Å²) < 4.78 is 0. The second-order valence-corrected chi connectivity index (χ2v) is 10.5. The molecule has 35 heavy (non-hydrogen) atoms. The molecule has 0 saturated heterocycles. The summed E-state index contributed by atoms with van der Waals surface area (Å²) in [5.41, 5.74) is 8.52. The standard InChI is InChI=1S/C27H38N2.C4H7.ClH.Pt/c1-18(2)22-11-9-12-23(19(3)4)26(22)28-15-16-29(17-28)27-24(20(5)6)13-10-14-25(27)21(7)8;1-4(2)3;;/h9-16,18-21H,17H2,1-8H3;1-2H2,3H3;1H;/q;;;+2/p-1. The number of benzene rings is 2. The van der Waals surface area contributed by atoms with E-state index in [0.717, 1.165) is 12.6 Å². The molecule has 0 fully saturated rings. The zero-order chi connectivity index (χ0) is 26.9. The summed E-state index contributed by atoms with van der Waals surface area (Å²) in [6.45, 7) is 28.0. The van der Waals surface area contributed by atoms with E-state index in [1.807, 2.05) is 6.92 Å². The summed E-state index contributed by atoms with van der Waals surface area (Å²) in [7, 11) is 4.61. The Morgan fingerprint density at radius 3 is 1.09 bits per heavy atom. The van der Waals surface area contributed by atoms with Crippen LogP contribution in [0.4, 0.5) is 11.4 Å². The van der Waals surface area contributed by atoms with Gasteiger partial charge in [0.25, 0.3) is 0 Å². The van der Waals surface area contributed by atoms with Crippen molar-refractivity contribution >= 4 is 20.8 Å². The van der Waals surface area contributed by atoms with Crippen LogP contribution in [-0.4, -0.2) is 6.67 Å². The zero-order valence-electron chi connectivity index (χ0n) is 23.1. The van der Waals surface area contributed by atoms with E-state index in [2.05, 4.69) is 137 Å². The Morgan fingerprint density at radius 2 is 0.886 bits per heavy atom. The van der Waals surface area contributed by atoms with Crippen molar-refractivity contribution in [2.75, 3.05) is 16.5 Å². The van der Waals surface area contributed by atoms with Crippen LogP contribution in [0.25, 0.3) is 0 Å². The fourth-order valence-corrected chi connectivity index (χ4v) is 4.40. The summed E-state index contributed by atoms with van der Waals surface area (Å²) in [5, 5.41) is 0. The van der Waals surface area contributed by atoms with Crippen molar-refractivity contribution in [3.63, 3.8) is 0 Å². The summed E-state index contributed by atoms with van der Waals surface area (Å²) in [4.78, 5) is 4.90. The van der Waals surface area contributed by atoms with Crippen LogP contribution in [-0.2, 0) is 18.8 Å². The SMILES string of the molecule is CC(C)c1cccc(C(C)C)c1N1C=CN(c2c(C(C)C)cccc2C(C)C)C1.[CH2][C]([CH2])C.[Cl][Pt+]. The van der Waals surface area contributed by atoms with Gasteiger partial charge in [-0.1, -0.05) is 98.7 Å². The van der Waals surface area contributed by atoms with Crippen molar-refractivity contribution in [3.05, 3.63) is 90.8 Å². The topological polar surface area (TPSA) is 6.48 Å². The number of hydrogen-bond acceptors (Lipinski definition) is 2. The second-order valence-electron chi connectivity index (χ2n) is 10.5. The molecule has 2 aromatic carbocycles. The van der Waals surface area contributed by atoms with Gasteiger partial charge in [-0.05, 0) is 65.7 Å². The van der Waals surface area contributed by atoms with E-state index in [9.17, 15) is 0 Å². The number of halogens is 1. The summed E-state index contributed by atoms with van der Waals surface area (Å²) >= 11 is 1.61. The third-order valence-electron chi connectivity index (χ3n) is 5.99. The van der Waals surface area contributed by atoms with Crippen LogP contribution in [0.1, 0.15) is 108 Å². The van der Waals surface area contributed by atoms with Gasteiger partial charge in [0, 0.05) is 23.8 Å². The van der Waals surface area contributed by atoms with Crippen LogP contribution in [0.3, 0.4) is 0 Å². The molecule has 4 heteroatoms. The van der Waals surface area contributed by atoms with Gasteiger partial charge in [-0.3, -0.25) is 0 Å². The Labute approximate surface area is 232 Å². The van der Waals surface area contributed by atoms with E-state index < -0.39 is 0 Å². The molecule has 1 aliphatic heterocycles. The molecule has 0 unspecified atom stereocenters. The van der Waals surface area contributed by atoms with E-state index in [-0.39, 0.29) is 0 Å². The third kappa shape index (κ3) is 8.68. The van der Waals surface area contributed by atoms with E-state index in [1.54, 1.807) is 18.8 Å². The minimum atomic E-state index is 0.500. The molecular formula is C31H45ClN2Pt+. The van der Waals surface area contributed by atoms with Crippen molar-refractivity contribution in [1.29, 1.82) is 0 Å². The molecule has 0 saturated carbocycles. The Bertz CT molecular complexity index is 805.